The van der Waals surface area contributed by atoms with Crippen molar-refractivity contribution in [2.24, 2.45) is 0 Å². The summed E-state index contributed by atoms with van der Waals surface area (Å²) in [5.41, 5.74) is 3.38. The fraction of sp³-hybridized carbons (Fsp3) is 0.318. The molecular weight excluding hydrogens is 354 g/mol. The number of aromatic nitrogens is 1. The van der Waals surface area contributed by atoms with Crippen LogP contribution in [-0.2, 0) is 6.61 Å². The molecule has 1 fully saturated rings. The van der Waals surface area contributed by atoms with Gasteiger partial charge in [0.15, 0.2) is 5.13 Å². The quantitative estimate of drug-likeness (QED) is 0.633. The van der Waals surface area contributed by atoms with Gasteiger partial charge in [0.1, 0.15) is 12.4 Å². The summed E-state index contributed by atoms with van der Waals surface area (Å²) in [6, 6.07) is 18.3. The summed E-state index contributed by atoms with van der Waals surface area (Å²) in [6.45, 7) is 2.87. The third-order valence-corrected chi connectivity index (χ3v) is 5.67. The first kappa shape index (κ1) is 18.0. The van der Waals surface area contributed by atoms with Crippen molar-refractivity contribution in [1.29, 1.82) is 0 Å². The number of likely N-dealkylation sites (N-methyl/N-ethyl adjacent to an activating group) is 1. The van der Waals surface area contributed by atoms with Crippen LogP contribution in [0.25, 0.3) is 0 Å². The standard InChI is InChI=1S/C22H25N3OS/c1-25-12-6-9-18(14-25)21-16-27-22(24-21)23-19-10-5-11-20(13-19)26-15-17-7-3-2-4-8-17/h2-5,7-8,10-11,13,16,18H,6,9,12,14-15H2,1H3,(H,23,24). The normalized spacial score (nSPS) is 17.6. The minimum atomic E-state index is 0.552. The highest BCUT2D eigenvalue weighted by Gasteiger charge is 2.21. The topological polar surface area (TPSA) is 37.4 Å². The van der Waals surface area contributed by atoms with Gasteiger partial charge in [-0.2, -0.15) is 0 Å². The van der Waals surface area contributed by atoms with E-state index in [1.165, 1.54) is 25.1 Å². The number of hydrogen-bond donors (Lipinski definition) is 1. The van der Waals surface area contributed by atoms with Crippen LogP contribution in [0.15, 0.2) is 60.0 Å². The monoisotopic (exact) mass is 379 g/mol. The van der Waals surface area contributed by atoms with Crippen molar-refractivity contribution in [2.75, 3.05) is 25.5 Å². The molecule has 4 rings (SSSR count). The van der Waals surface area contributed by atoms with Crippen LogP contribution >= 0.6 is 11.3 Å². The van der Waals surface area contributed by atoms with Gasteiger partial charge in [-0.3, -0.25) is 0 Å². The lowest BCUT2D eigenvalue weighted by Crippen LogP contribution is -2.30. The highest BCUT2D eigenvalue weighted by Crippen LogP contribution is 2.30. The molecule has 0 aliphatic carbocycles. The molecule has 0 spiro atoms. The van der Waals surface area contributed by atoms with Crippen LogP contribution in [0.1, 0.15) is 30.0 Å². The van der Waals surface area contributed by atoms with Crippen LogP contribution in [-0.4, -0.2) is 30.0 Å². The Hall–Kier alpha value is -2.37. The highest BCUT2D eigenvalue weighted by atomic mass is 32.1. The molecule has 3 aromatic rings. The molecule has 1 atom stereocenters. The Labute approximate surface area is 164 Å². The maximum absolute atomic E-state index is 5.92. The number of rotatable bonds is 6. The van der Waals surface area contributed by atoms with E-state index in [4.69, 9.17) is 9.72 Å². The fourth-order valence-electron chi connectivity index (χ4n) is 3.47. The minimum Gasteiger partial charge on any atom is -0.489 e. The Balaban J connectivity index is 1.38. The first-order valence-electron chi connectivity index (χ1n) is 9.44. The molecule has 0 bridgehead atoms. The lowest BCUT2D eigenvalue weighted by atomic mass is 9.96. The number of hydrogen-bond acceptors (Lipinski definition) is 5. The first-order valence-corrected chi connectivity index (χ1v) is 10.3. The maximum atomic E-state index is 5.92. The molecule has 2 aromatic carbocycles. The molecule has 1 saturated heterocycles. The van der Waals surface area contributed by atoms with E-state index in [1.807, 2.05) is 42.5 Å². The number of benzene rings is 2. The molecule has 1 aliphatic rings. The Morgan fingerprint density at radius 3 is 2.93 bits per heavy atom. The number of ether oxygens (including phenoxy) is 1. The Kier molecular flexibility index (Phi) is 5.70. The number of anilines is 2. The van der Waals surface area contributed by atoms with Gasteiger partial charge in [0.25, 0.3) is 0 Å². The molecule has 1 aliphatic heterocycles. The van der Waals surface area contributed by atoms with Crippen molar-refractivity contribution in [3.63, 3.8) is 0 Å². The predicted molar refractivity (Wildman–Crippen MR) is 112 cm³/mol. The molecule has 4 nitrogen and oxygen atoms in total. The summed E-state index contributed by atoms with van der Waals surface area (Å²) in [6.07, 6.45) is 2.48. The lowest BCUT2D eigenvalue weighted by molar-refractivity contribution is 0.249. The number of piperidine rings is 1. The summed E-state index contributed by atoms with van der Waals surface area (Å²) in [5, 5.41) is 6.57. The minimum absolute atomic E-state index is 0.552. The zero-order chi connectivity index (χ0) is 18.5. The van der Waals surface area contributed by atoms with Crippen LogP contribution in [0.4, 0.5) is 10.8 Å². The average Bonchev–Trinajstić information content (AvgIpc) is 3.16. The second kappa shape index (κ2) is 8.55. The van der Waals surface area contributed by atoms with Gasteiger partial charge in [0.05, 0.1) is 5.69 Å². The number of nitrogens with one attached hydrogen (secondary N) is 1. The van der Waals surface area contributed by atoms with E-state index in [0.29, 0.717) is 12.5 Å². The molecule has 1 unspecified atom stereocenters. The molecule has 0 radical (unpaired) electrons. The molecular formula is C22H25N3OS. The number of likely N-dealkylation sites (tertiary alicyclic amines) is 1. The van der Waals surface area contributed by atoms with Gasteiger partial charge >= 0.3 is 0 Å². The second-order valence-corrected chi connectivity index (χ2v) is 7.96. The summed E-state index contributed by atoms with van der Waals surface area (Å²) >= 11 is 1.67. The van der Waals surface area contributed by atoms with Crippen LogP contribution in [0.3, 0.4) is 0 Å². The zero-order valence-corrected chi connectivity index (χ0v) is 16.4. The van der Waals surface area contributed by atoms with E-state index < -0.39 is 0 Å². The van der Waals surface area contributed by atoms with Crippen LogP contribution < -0.4 is 10.1 Å². The van der Waals surface area contributed by atoms with Crippen molar-refractivity contribution in [3.8, 4) is 5.75 Å². The fourth-order valence-corrected chi connectivity index (χ4v) is 4.28. The smallest absolute Gasteiger partial charge is 0.187 e. The van der Waals surface area contributed by atoms with Gasteiger partial charge in [-0.25, -0.2) is 4.98 Å². The maximum Gasteiger partial charge on any atom is 0.187 e. The van der Waals surface area contributed by atoms with Gasteiger partial charge < -0.3 is 15.0 Å². The van der Waals surface area contributed by atoms with E-state index in [2.05, 4.69) is 34.8 Å². The van der Waals surface area contributed by atoms with Crippen molar-refractivity contribution >= 4 is 22.2 Å². The van der Waals surface area contributed by atoms with Crippen molar-refractivity contribution in [3.05, 3.63) is 71.2 Å². The van der Waals surface area contributed by atoms with Gasteiger partial charge in [0.2, 0.25) is 0 Å². The van der Waals surface area contributed by atoms with Crippen molar-refractivity contribution < 1.29 is 4.74 Å². The predicted octanol–water partition coefficient (Wildman–Crippen LogP) is 5.27. The first-order chi connectivity index (χ1) is 13.3. The van der Waals surface area contributed by atoms with E-state index in [0.717, 1.165) is 28.7 Å². The summed E-state index contributed by atoms with van der Waals surface area (Å²) in [5.74, 6) is 1.41. The molecule has 0 saturated carbocycles. The third-order valence-electron chi connectivity index (χ3n) is 4.90. The zero-order valence-electron chi connectivity index (χ0n) is 15.6. The summed E-state index contributed by atoms with van der Waals surface area (Å²) in [7, 11) is 2.19. The van der Waals surface area contributed by atoms with Gasteiger partial charge in [-0.15, -0.1) is 11.3 Å². The Morgan fingerprint density at radius 1 is 1.19 bits per heavy atom. The van der Waals surface area contributed by atoms with Gasteiger partial charge in [-0.05, 0) is 44.1 Å². The molecule has 27 heavy (non-hydrogen) atoms. The van der Waals surface area contributed by atoms with Crippen LogP contribution in [0, 0.1) is 0 Å². The summed E-state index contributed by atoms with van der Waals surface area (Å²) in [4.78, 5) is 7.22. The highest BCUT2D eigenvalue weighted by molar-refractivity contribution is 7.13. The van der Waals surface area contributed by atoms with Crippen LogP contribution in [0.5, 0.6) is 5.75 Å². The molecule has 0 amide bonds. The lowest BCUT2D eigenvalue weighted by Gasteiger charge is -2.28. The van der Waals surface area contributed by atoms with Crippen molar-refractivity contribution in [2.45, 2.75) is 25.4 Å². The van der Waals surface area contributed by atoms with E-state index in [-0.39, 0.29) is 0 Å². The Morgan fingerprint density at radius 2 is 2.07 bits per heavy atom. The molecule has 1 aromatic heterocycles. The number of thiazole rings is 1. The molecule has 1 N–H and O–H groups in total. The van der Waals surface area contributed by atoms with Crippen LogP contribution in [0.2, 0.25) is 0 Å². The second-order valence-electron chi connectivity index (χ2n) is 7.11. The van der Waals surface area contributed by atoms with Crippen molar-refractivity contribution in [1.82, 2.24) is 9.88 Å². The number of nitrogens with zero attached hydrogens (tertiary/aromatic N) is 2. The average molecular weight is 380 g/mol. The summed E-state index contributed by atoms with van der Waals surface area (Å²) < 4.78 is 5.92. The SMILES string of the molecule is CN1CCCC(c2csc(Nc3cccc(OCc4ccccc4)c3)n2)C1. The largest absolute Gasteiger partial charge is 0.489 e. The molecule has 2 heterocycles. The van der Waals surface area contributed by atoms with E-state index >= 15 is 0 Å². The molecule has 140 valence electrons. The third kappa shape index (κ3) is 4.87. The Bertz CT molecular complexity index is 865. The van der Waals surface area contributed by atoms with Gasteiger partial charge in [0, 0.05) is 29.6 Å². The van der Waals surface area contributed by atoms with E-state index in [1.54, 1.807) is 11.3 Å². The molecule has 5 heteroatoms. The van der Waals surface area contributed by atoms with Gasteiger partial charge in [-0.1, -0.05) is 36.4 Å². The van der Waals surface area contributed by atoms with E-state index in [9.17, 15) is 0 Å².